The molecule has 8 rings (SSSR count). The summed E-state index contributed by atoms with van der Waals surface area (Å²) in [4.78, 5) is 64.9. The Hall–Kier alpha value is -4.81. The molecule has 2 amide bonds. The van der Waals surface area contributed by atoms with Crippen molar-refractivity contribution < 1.29 is 39.6 Å². The summed E-state index contributed by atoms with van der Waals surface area (Å²) in [5.41, 5.74) is 5.35. The highest BCUT2D eigenvalue weighted by molar-refractivity contribution is 7.99. The Balaban J connectivity index is 1.23. The van der Waals surface area contributed by atoms with Crippen LogP contribution in [-0.2, 0) is 19.2 Å². The Kier molecular flexibility index (Phi) is 18.8. The van der Waals surface area contributed by atoms with Crippen LogP contribution in [0.25, 0.3) is 34.4 Å². The largest absolute Gasteiger partial charge is 0.481 e. The number of benzene rings is 4. The lowest BCUT2D eigenvalue weighted by molar-refractivity contribution is -0.142. The molecule has 0 aliphatic carbocycles. The first kappa shape index (κ1) is 54.5. The monoisotopic (exact) mass is 1090 g/mol. The predicted octanol–water partition coefficient (Wildman–Crippen LogP) is 8.69. The zero-order chi connectivity index (χ0) is 51.8. The van der Waals surface area contributed by atoms with Crippen molar-refractivity contribution in [1.29, 1.82) is 0 Å². The number of carboxylic acid groups (broad SMARTS) is 2. The van der Waals surface area contributed by atoms with Gasteiger partial charge in [-0.1, -0.05) is 94.6 Å². The number of carbonyl (C=O) groups excluding carboxylic acids is 2. The van der Waals surface area contributed by atoms with Crippen molar-refractivity contribution in [2.75, 3.05) is 115 Å². The smallest absolute Gasteiger partial charge is 0.308 e. The highest BCUT2D eigenvalue weighted by Gasteiger charge is 2.31. The van der Waals surface area contributed by atoms with Gasteiger partial charge in [-0.3, -0.25) is 29.0 Å². The maximum Gasteiger partial charge on any atom is 0.308 e. The molecule has 2 unspecified atom stereocenters. The molecule has 4 aromatic carbocycles. The summed E-state index contributed by atoms with van der Waals surface area (Å²) in [6.45, 7) is 7.55. The van der Waals surface area contributed by atoms with Crippen LogP contribution >= 0.6 is 58.2 Å². The average molecular weight is 1090 g/mol. The third-order valence-electron chi connectivity index (χ3n) is 14.2. The number of amides is 2. The van der Waals surface area contributed by atoms with Crippen molar-refractivity contribution in [2.45, 2.75) is 35.5 Å². The standard InChI is InChI=1S/C54H60Cl4N6O8S/c55-49-39(13-15-47(67)61-23-19-59(20-24-61)27-29-65)41(37-9-1-3-11-43(37)63-17-5-7-35(33-63)53(69)70)31-45(51(49)57)73-46-32-42(38-10-2-4-12-44(38)64-18-6-8-36(34-64)54(71)72)40(50(56)52(46)58)14-16-48(68)62-25-21-60(22-26-62)28-30-66/h1-4,9-16,31-32,35-36,65-66H,5-8,17-30,33-34H2,(H,69,70)(H,71,72). The number of anilines is 2. The Morgan fingerprint density at radius 1 is 0.534 bits per heavy atom. The summed E-state index contributed by atoms with van der Waals surface area (Å²) < 4.78 is 0. The van der Waals surface area contributed by atoms with Crippen LogP contribution in [0.3, 0.4) is 0 Å². The number of nitrogens with zero attached hydrogens (tertiary/aromatic N) is 6. The maximum atomic E-state index is 13.8. The first-order valence-electron chi connectivity index (χ1n) is 24.7. The zero-order valence-electron chi connectivity index (χ0n) is 40.4. The lowest BCUT2D eigenvalue weighted by Gasteiger charge is -2.34. The topological polar surface area (TPSA) is 169 Å². The molecule has 14 nitrogen and oxygen atoms in total. The number of aliphatic hydroxyl groups excluding tert-OH is 2. The number of hydrogen-bond donors (Lipinski definition) is 4. The van der Waals surface area contributed by atoms with Gasteiger partial charge in [0.1, 0.15) is 0 Å². The Bertz CT molecular complexity index is 2560. The fraction of sp³-hybridized carbons (Fsp3) is 0.407. The summed E-state index contributed by atoms with van der Waals surface area (Å²) in [7, 11) is 0. The van der Waals surface area contributed by atoms with Crippen LogP contribution in [0.5, 0.6) is 0 Å². The van der Waals surface area contributed by atoms with E-state index in [2.05, 4.69) is 19.6 Å². The number of aliphatic carboxylic acids is 2. The van der Waals surface area contributed by atoms with Gasteiger partial charge in [-0.2, -0.15) is 0 Å². The number of aliphatic hydroxyl groups is 2. The molecule has 0 radical (unpaired) electrons. The van der Waals surface area contributed by atoms with Crippen molar-refractivity contribution in [3.05, 3.63) is 104 Å². The minimum Gasteiger partial charge on any atom is -0.481 e. The van der Waals surface area contributed by atoms with Gasteiger partial charge in [0.25, 0.3) is 0 Å². The first-order valence-corrected chi connectivity index (χ1v) is 27.1. The molecular weight excluding hydrogens is 1030 g/mol. The minimum absolute atomic E-state index is 0.0425. The van der Waals surface area contributed by atoms with E-state index in [0.29, 0.717) is 149 Å². The molecule has 4 heterocycles. The highest BCUT2D eigenvalue weighted by atomic mass is 35.5. The Morgan fingerprint density at radius 3 is 1.29 bits per heavy atom. The lowest BCUT2D eigenvalue weighted by Crippen LogP contribution is -2.48. The summed E-state index contributed by atoms with van der Waals surface area (Å²) in [5.74, 6) is -3.23. The summed E-state index contributed by atoms with van der Waals surface area (Å²) in [5, 5.41) is 39.7. The van der Waals surface area contributed by atoms with Crippen molar-refractivity contribution in [3.63, 3.8) is 0 Å². The normalized spacial score (nSPS) is 19.3. The first-order chi connectivity index (χ1) is 35.3. The van der Waals surface area contributed by atoms with Gasteiger partial charge < -0.3 is 40.0 Å². The molecule has 19 heteroatoms. The number of β-amino-alcohol motifs (C(OH)–C–C–N with tert-alkyl or cyclic N) is 2. The van der Waals surface area contributed by atoms with Crippen molar-refractivity contribution in [3.8, 4) is 22.3 Å². The van der Waals surface area contributed by atoms with Crippen LogP contribution in [0.15, 0.2) is 82.6 Å². The molecule has 0 bridgehead atoms. The van der Waals surface area contributed by atoms with E-state index in [1.165, 1.54) is 23.9 Å². The van der Waals surface area contributed by atoms with E-state index < -0.39 is 23.8 Å². The van der Waals surface area contributed by atoms with E-state index in [9.17, 15) is 39.6 Å². The molecule has 73 heavy (non-hydrogen) atoms. The fourth-order valence-corrected chi connectivity index (χ4v) is 12.4. The molecule has 4 saturated heterocycles. The number of rotatable bonds is 16. The van der Waals surface area contributed by atoms with E-state index in [0.717, 1.165) is 22.5 Å². The second kappa shape index (κ2) is 25.1. The predicted molar refractivity (Wildman–Crippen MR) is 291 cm³/mol. The second-order valence-electron chi connectivity index (χ2n) is 18.8. The van der Waals surface area contributed by atoms with Crippen LogP contribution < -0.4 is 9.80 Å². The van der Waals surface area contributed by atoms with Crippen molar-refractivity contribution >= 4 is 105 Å². The third-order valence-corrected chi connectivity index (χ3v) is 17.3. The molecule has 0 spiro atoms. The van der Waals surface area contributed by atoms with Gasteiger partial charge in [-0.05, 0) is 73.2 Å². The summed E-state index contributed by atoms with van der Waals surface area (Å²) in [6, 6.07) is 19.2. The van der Waals surface area contributed by atoms with Crippen LogP contribution in [0, 0.1) is 11.8 Å². The Morgan fingerprint density at radius 2 is 0.918 bits per heavy atom. The molecule has 0 saturated carbocycles. The van der Waals surface area contributed by atoms with E-state index in [1.807, 2.05) is 60.7 Å². The molecule has 4 aliphatic rings. The minimum atomic E-state index is -0.853. The van der Waals surface area contributed by atoms with E-state index >= 15 is 0 Å². The fourth-order valence-electron chi connectivity index (χ4n) is 10.2. The SMILES string of the molecule is O=C(O)C1CCCN(c2ccccc2-c2cc(Sc3cc(-c4ccccc4N4CCCC(C(=O)O)C4)c(C=CC(=O)N4CCN(CCO)CC4)c(Cl)c3Cl)c(Cl)c(Cl)c2C=CC(=O)N2CCN(CCO)CC2)C1. The van der Waals surface area contributed by atoms with Gasteiger partial charge >= 0.3 is 11.9 Å². The number of hydrogen-bond acceptors (Lipinski definition) is 11. The van der Waals surface area contributed by atoms with Crippen LogP contribution in [-0.4, -0.2) is 169 Å². The number of piperazine rings is 2. The van der Waals surface area contributed by atoms with E-state index in [4.69, 9.17) is 46.4 Å². The molecular formula is C54H60Cl4N6O8S. The Labute approximate surface area is 450 Å². The van der Waals surface area contributed by atoms with Crippen LogP contribution in [0.1, 0.15) is 36.8 Å². The van der Waals surface area contributed by atoms with Gasteiger partial charge in [0.15, 0.2) is 0 Å². The number of halogens is 4. The average Bonchev–Trinajstić information content (AvgIpc) is 3.41. The highest BCUT2D eigenvalue weighted by Crippen LogP contribution is 2.51. The lowest BCUT2D eigenvalue weighted by atomic mass is 9.93. The molecule has 388 valence electrons. The quantitative estimate of drug-likeness (QED) is 0.0788. The van der Waals surface area contributed by atoms with Gasteiger partial charge in [0, 0.05) is 147 Å². The number of piperidine rings is 2. The van der Waals surface area contributed by atoms with E-state index in [1.54, 1.807) is 22.0 Å². The van der Waals surface area contributed by atoms with Crippen molar-refractivity contribution in [2.24, 2.45) is 11.8 Å². The number of carboxylic acids is 2. The summed E-state index contributed by atoms with van der Waals surface area (Å²) >= 11 is 30.6. The second-order valence-corrected chi connectivity index (χ2v) is 21.4. The molecule has 4 fully saturated rings. The zero-order valence-corrected chi connectivity index (χ0v) is 44.2. The van der Waals surface area contributed by atoms with Gasteiger partial charge in [0.05, 0.1) is 45.1 Å². The number of para-hydroxylation sites is 2. The third kappa shape index (κ3) is 12.8. The van der Waals surface area contributed by atoms with Gasteiger partial charge in [-0.25, -0.2) is 0 Å². The van der Waals surface area contributed by atoms with Crippen LogP contribution in [0.4, 0.5) is 11.4 Å². The molecule has 4 aromatic rings. The van der Waals surface area contributed by atoms with E-state index in [-0.39, 0.29) is 45.1 Å². The molecule has 2 atom stereocenters. The van der Waals surface area contributed by atoms with Crippen molar-refractivity contribution in [1.82, 2.24) is 19.6 Å². The maximum absolute atomic E-state index is 13.8. The number of carbonyl (C=O) groups is 4. The van der Waals surface area contributed by atoms with Gasteiger partial charge in [0.2, 0.25) is 11.8 Å². The molecule has 4 N–H and O–H groups in total. The molecule has 0 aromatic heterocycles. The van der Waals surface area contributed by atoms with Gasteiger partial charge in [-0.15, -0.1) is 0 Å². The summed E-state index contributed by atoms with van der Waals surface area (Å²) in [6.07, 6.45) is 8.85. The molecule has 4 aliphatic heterocycles. The van der Waals surface area contributed by atoms with Crippen LogP contribution in [0.2, 0.25) is 20.1 Å².